The minimum absolute atomic E-state index is 0.0276. The van der Waals surface area contributed by atoms with E-state index in [2.05, 4.69) is 4.72 Å². The van der Waals surface area contributed by atoms with Crippen LogP contribution in [0.4, 0.5) is 5.69 Å². The zero-order valence-corrected chi connectivity index (χ0v) is 18.8. The molecule has 0 aromatic heterocycles. The summed E-state index contributed by atoms with van der Waals surface area (Å²) in [4.78, 5) is -0.0313. The molecule has 1 aliphatic carbocycles. The van der Waals surface area contributed by atoms with Crippen LogP contribution in [0.1, 0.15) is 29.9 Å². The largest absolute Gasteiger partial charge is 0.497 e. The van der Waals surface area contributed by atoms with E-state index < -0.39 is 10.0 Å². The van der Waals surface area contributed by atoms with Gasteiger partial charge in [-0.1, -0.05) is 18.2 Å². The van der Waals surface area contributed by atoms with Crippen molar-refractivity contribution < 1.29 is 22.6 Å². The van der Waals surface area contributed by atoms with E-state index in [1.165, 1.54) is 31.6 Å². The van der Waals surface area contributed by atoms with Gasteiger partial charge in [-0.2, -0.15) is 0 Å². The fourth-order valence-electron chi connectivity index (χ4n) is 3.42. The standard InChI is InChI=1S/C24H26N2O5S/c1-29-21-11-7-18(23(14-21)30-2)15-26-32(27,28)24-13-19(25)8-12-22(24)31-20-9-5-17(6-10-20)16-3-4-16/h5-14,16,26H,3-4,15,25H2,1-2H3. The third-order valence-corrected chi connectivity index (χ3v) is 6.78. The third-order valence-electron chi connectivity index (χ3n) is 5.36. The second-order valence-electron chi connectivity index (χ2n) is 7.65. The van der Waals surface area contributed by atoms with Gasteiger partial charge in [0.25, 0.3) is 0 Å². The van der Waals surface area contributed by atoms with Gasteiger partial charge in [0.05, 0.1) is 14.2 Å². The molecule has 0 spiro atoms. The molecule has 0 unspecified atom stereocenters. The van der Waals surface area contributed by atoms with Crippen molar-refractivity contribution in [3.63, 3.8) is 0 Å². The van der Waals surface area contributed by atoms with Crippen LogP contribution in [-0.4, -0.2) is 22.6 Å². The summed E-state index contributed by atoms with van der Waals surface area (Å²) in [5.41, 5.74) is 8.15. The van der Waals surface area contributed by atoms with Crippen LogP contribution in [0.25, 0.3) is 0 Å². The van der Waals surface area contributed by atoms with E-state index in [4.69, 9.17) is 19.9 Å². The number of ether oxygens (including phenoxy) is 3. The number of nitrogen functional groups attached to an aromatic ring is 1. The van der Waals surface area contributed by atoms with Crippen LogP contribution in [0.3, 0.4) is 0 Å². The average molecular weight is 455 g/mol. The predicted octanol–water partition coefficient (Wildman–Crippen LogP) is 4.43. The molecule has 0 amide bonds. The van der Waals surface area contributed by atoms with Gasteiger partial charge in [0, 0.05) is 23.9 Å². The van der Waals surface area contributed by atoms with Gasteiger partial charge in [-0.25, -0.2) is 13.1 Å². The monoisotopic (exact) mass is 454 g/mol. The number of benzene rings is 3. The highest BCUT2D eigenvalue weighted by atomic mass is 32.2. The van der Waals surface area contributed by atoms with Gasteiger partial charge in [0.2, 0.25) is 10.0 Å². The third kappa shape index (κ3) is 4.98. The molecule has 8 heteroatoms. The summed E-state index contributed by atoms with van der Waals surface area (Å²) in [7, 11) is -0.853. The Morgan fingerprint density at radius 3 is 2.28 bits per heavy atom. The topological polar surface area (TPSA) is 99.9 Å². The summed E-state index contributed by atoms with van der Waals surface area (Å²) in [5, 5.41) is 0. The van der Waals surface area contributed by atoms with Crippen molar-refractivity contribution in [3.05, 3.63) is 71.8 Å². The maximum atomic E-state index is 13.1. The van der Waals surface area contributed by atoms with Gasteiger partial charge in [-0.15, -0.1) is 0 Å². The summed E-state index contributed by atoms with van der Waals surface area (Å²) in [5.74, 6) is 2.54. The number of nitrogens with two attached hydrogens (primary N) is 1. The zero-order chi connectivity index (χ0) is 22.7. The fourth-order valence-corrected chi connectivity index (χ4v) is 4.59. The lowest BCUT2D eigenvalue weighted by Gasteiger charge is -2.15. The Hall–Kier alpha value is -3.23. The van der Waals surface area contributed by atoms with Crippen molar-refractivity contribution in [1.29, 1.82) is 0 Å². The predicted molar refractivity (Wildman–Crippen MR) is 123 cm³/mol. The molecule has 0 saturated heterocycles. The molecule has 3 aromatic carbocycles. The maximum absolute atomic E-state index is 13.1. The molecule has 0 bridgehead atoms. The van der Waals surface area contributed by atoms with Crippen LogP contribution in [0, 0.1) is 0 Å². The van der Waals surface area contributed by atoms with Crippen molar-refractivity contribution >= 4 is 15.7 Å². The molecule has 1 fully saturated rings. The number of hydrogen-bond donors (Lipinski definition) is 2. The first-order chi connectivity index (χ1) is 15.4. The summed E-state index contributed by atoms with van der Waals surface area (Å²) in [6.45, 7) is 0.0276. The molecular weight excluding hydrogens is 428 g/mol. The summed E-state index contributed by atoms with van der Waals surface area (Å²) in [6.07, 6.45) is 2.43. The summed E-state index contributed by atoms with van der Waals surface area (Å²) < 4.78 is 45.3. The van der Waals surface area contributed by atoms with Gasteiger partial charge >= 0.3 is 0 Å². The van der Waals surface area contributed by atoms with Crippen molar-refractivity contribution in [2.45, 2.75) is 30.2 Å². The maximum Gasteiger partial charge on any atom is 0.244 e. The van der Waals surface area contributed by atoms with E-state index in [9.17, 15) is 8.42 Å². The first kappa shape index (κ1) is 22.0. The van der Waals surface area contributed by atoms with Crippen LogP contribution in [-0.2, 0) is 16.6 Å². The lowest BCUT2D eigenvalue weighted by Crippen LogP contribution is -2.24. The number of anilines is 1. The molecule has 4 rings (SSSR count). The Labute approximate surface area is 188 Å². The van der Waals surface area contributed by atoms with Gasteiger partial charge in [0.15, 0.2) is 0 Å². The number of nitrogens with one attached hydrogen (secondary N) is 1. The highest BCUT2D eigenvalue weighted by molar-refractivity contribution is 7.89. The van der Waals surface area contributed by atoms with E-state index in [1.54, 1.807) is 37.4 Å². The Bertz CT molecular complexity index is 1210. The molecule has 32 heavy (non-hydrogen) atoms. The molecule has 0 radical (unpaired) electrons. The van der Waals surface area contributed by atoms with Gasteiger partial charge in [-0.05, 0) is 60.7 Å². The van der Waals surface area contributed by atoms with Gasteiger partial charge < -0.3 is 19.9 Å². The number of methoxy groups -OCH3 is 2. The van der Waals surface area contributed by atoms with Crippen molar-refractivity contribution in [1.82, 2.24) is 4.72 Å². The minimum Gasteiger partial charge on any atom is -0.497 e. The van der Waals surface area contributed by atoms with E-state index in [-0.39, 0.29) is 17.2 Å². The normalized spacial score (nSPS) is 13.6. The lowest BCUT2D eigenvalue weighted by atomic mass is 10.1. The van der Waals surface area contributed by atoms with Gasteiger partial charge in [-0.3, -0.25) is 0 Å². The number of sulfonamides is 1. The molecule has 7 nitrogen and oxygen atoms in total. The molecule has 0 atom stereocenters. The molecule has 1 aliphatic rings. The average Bonchev–Trinajstić information content (AvgIpc) is 3.65. The van der Waals surface area contributed by atoms with E-state index >= 15 is 0 Å². The molecule has 168 valence electrons. The van der Waals surface area contributed by atoms with Crippen LogP contribution in [0.5, 0.6) is 23.0 Å². The molecule has 0 aliphatic heterocycles. The zero-order valence-electron chi connectivity index (χ0n) is 18.0. The summed E-state index contributed by atoms with van der Waals surface area (Å²) in [6, 6.07) is 17.5. The second-order valence-corrected chi connectivity index (χ2v) is 9.39. The van der Waals surface area contributed by atoms with Crippen LogP contribution < -0.4 is 24.7 Å². The van der Waals surface area contributed by atoms with Crippen molar-refractivity contribution in [2.75, 3.05) is 20.0 Å². The summed E-state index contributed by atoms with van der Waals surface area (Å²) >= 11 is 0. The van der Waals surface area contributed by atoms with E-state index in [1.807, 2.05) is 24.3 Å². The van der Waals surface area contributed by atoms with Gasteiger partial charge in [0.1, 0.15) is 27.9 Å². The SMILES string of the molecule is COc1ccc(CNS(=O)(=O)c2cc(N)ccc2Oc2ccc(C3CC3)cc2)c(OC)c1. The van der Waals surface area contributed by atoms with Crippen LogP contribution >= 0.6 is 0 Å². The highest BCUT2D eigenvalue weighted by Crippen LogP contribution is 2.41. The molecule has 3 aromatic rings. The van der Waals surface area contributed by atoms with Crippen LogP contribution in [0.2, 0.25) is 0 Å². The van der Waals surface area contributed by atoms with E-state index in [0.29, 0.717) is 34.4 Å². The molecule has 3 N–H and O–H groups in total. The number of rotatable bonds is 9. The minimum atomic E-state index is -3.93. The molecule has 1 saturated carbocycles. The Morgan fingerprint density at radius 2 is 1.62 bits per heavy atom. The first-order valence-electron chi connectivity index (χ1n) is 10.3. The first-order valence-corrected chi connectivity index (χ1v) is 11.8. The quantitative estimate of drug-likeness (QED) is 0.464. The smallest absolute Gasteiger partial charge is 0.244 e. The van der Waals surface area contributed by atoms with Crippen LogP contribution in [0.15, 0.2) is 65.6 Å². The Kier molecular flexibility index (Phi) is 6.25. The lowest BCUT2D eigenvalue weighted by molar-refractivity contribution is 0.390. The second kappa shape index (κ2) is 9.10. The van der Waals surface area contributed by atoms with Crippen molar-refractivity contribution in [3.8, 4) is 23.0 Å². The molecule has 0 heterocycles. The van der Waals surface area contributed by atoms with E-state index in [0.717, 1.165) is 0 Å². The Morgan fingerprint density at radius 1 is 0.906 bits per heavy atom. The fraction of sp³-hybridized carbons (Fsp3) is 0.250. The Balaban J connectivity index is 1.55. The van der Waals surface area contributed by atoms with Crippen molar-refractivity contribution in [2.24, 2.45) is 0 Å². The highest BCUT2D eigenvalue weighted by Gasteiger charge is 2.24. The number of hydrogen-bond acceptors (Lipinski definition) is 6. The molecular formula is C24H26N2O5S.